The number of hydrogen-bond donors (Lipinski definition) is 1. The van der Waals surface area contributed by atoms with Gasteiger partial charge in [-0.15, -0.1) is 0 Å². The summed E-state index contributed by atoms with van der Waals surface area (Å²) in [6.07, 6.45) is 0.564. The van der Waals surface area contributed by atoms with Crippen molar-refractivity contribution in [2.24, 2.45) is 0 Å². The molecule has 30 heavy (non-hydrogen) atoms. The van der Waals surface area contributed by atoms with E-state index in [0.29, 0.717) is 12.3 Å². The van der Waals surface area contributed by atoms with Crippen LogP contribution in [0.3, 0.4) is 0 Å². The van der Waals surface area contributed by atoms with Crippen LogP contribution in [0.4, 0.5) is 0 Å². The van der Waals surface area contributed by atoms with Crippen LogP contribution in [0.1, 0.15) is 18.1 Å². The molecule has 0 aliphatic carbocycles. The second-order valence-corrected chi connectivity index (χ2v) is 9.40. The largest absolute Gasteiger partial charge is 0.481 e. The zero-order chi connectivity index (χ0) is 21.6. The van der Waals surface area contributed by atoms with Gasteiger partial charge in [-0.1, -0.05) is 66.7 Å². The van der Waals surface area contributed by atoms with E-state index in [1.165, 1.54) is 6.26 Å². The lowest BCUT2D eigenvalue weighted by atomic mass is 10.1. The Morgan fingerprint density at radius 2 is 1.43 bits per heavy atom. The van der Waals surface area contributed by atoms with Crippen LogP contribution in [-0.4, -0.2) is 26.7 Å². The number of nitrogens with one attached hydrogen (secondary N) is 1. The molecule has 0 fully saturated rings. The normalized spacial score (nSPS) is 12.2. The summed E-state index contributed by atoms with van der Waals surface area (Å²) in [5.74, 6) is 0.415. The Balaban J connectivity index is 1.51. The summed E-state index contributed by atoms with van der Waals surface area (Å²) in [4.78, 5) is 12.3. The Labute approximate surface area is 177 Å². The molecule has 3 aromatic rings. The molecule has 3 aromatic carbocycles. The highest BCUT2D eigenvalue weighted by atomic mass is 32.2. The predicted octanol–water partition coefficient (Wildman–Crippen LogP) is 3.98. The number of benzene rings is 3. The second kappa shape index (κ2) is 9.59. The van der Waals surface area contributed by atoms with Gasteiger partial charge in [-0.2, -0.15) is 0 Å². The second-order valence-electron chi connectivity index (χ2n) is 7.25. The van der Waals surface area contributed by atoms with Crippen LogP contribution in [0.25, 0.3) is 11.1 Å². The summed E-state index contributed by atoms with van der Waals surface area (Å²) in [6, 6.07) is 24.8. The summed E-state index contributed by atoms with van der Waals surface area (Å²) in [5.41, 5.74) is 3.82. The van der Waals surface area contributed by atoms with Gasteiger partial charge in [0.1, 0.15) is 5.75 Å². The monoisotopic (exact) mass is 423 g/mol. The number of rotatable bonds is 8. The molecule has 1 N–H and O–H groups in total. The van der Waals surface area contributed by atoms with Gasteiger partial charge in [0.15, 0.2) is 15.9 Å². The first-order valence-corrected chi connectivity index (χ1v) is 11.7. The quantitative estimate of drug-likeness (QED) is 0.595. The van der Waals surface area contributed by atoms with E-state index < -0.39 is 15.9 Å². The lowest BCUT2D eigenvalue weighted by Crippen LogP contribution is -2.35. The molecule has 6 heteroatoms. The van der Waals surface area contributed by atoms with E-state index in [-0.39, 0.29) is 11.7 Å². The standard InChI is InChI=1S/C24H25NO4S/c1-18(29-23-14-12-22(13-15-23)21-6-4-3-5-7-21)24(26)25-16-19-8-10-20(11-9-19)17-30(2,27)28/h3-15,18H,16-17H2,1-2H3,(H,25,26). The van der Waals surface area contributed by atoms with Crippen LogP contribution in [0, 0.1) is 0 Å². The Hall–Kier alpha value is -3.12. The number of sulfone groups is 1. The van der Waals surface area contributed by atoms with Gasteiger partial charge in [-0.25, -0.2) is 8.42 Å². The van der Waals surface area contributed by atoms with E-state index in [9.17, 15) is 13.2 Å². The van der Waals surface area contributed by atoms with Gasteiger partial charge in [0.2, 0.25) is 0 Å². The molecule has 0 aliphatic heterocycles. The van der Waals surface area contributed by atoms with Crippen molar-refractivity contribution in [2.75, 3.05) is 6.26 Å². The number of hydrogen-bond acceptors (Lipinski definition) is 4. The lowest BCUT2D eigenvalue weighted by Gasteiger charge is -2.15. The van der Waals surface area contributed by atoms with Gasteiger partial charge >= 0.3 is 0 Å². The van der Waals surface area contributed by atoms with Crippen LogP contribution in [0.15, 0.2) is 78.9 Å². The average Bonchev–Trinajstić information content (AvgIpc) is 2.73. The number of amides is 1. The minimum atomic E-state index is -3.06. The molecule has 3 rings (SSSR count). The lowest BCUT2D eigenvalue weighted by molar-refractivity contribution is -0.127. The summed E-state index contributed by atoms with van der Waals surface area (Å²) in [5, 5.41) is 2.84. The van der Waals surface area contributed by atoms with E-state index >= 15 is 0 Å². The van der Waals surface area contributed by atoms with Crippen molar-refractivity contribution in [3.8, 4) is 16.9 Å². The molecule has 0 aliphatic rings. The number of carbonyl (C=O) groups is 1. The molecule has 1 unspecified atom stereocenters. The van der Waals surface area contributed by atoms with E-state index in [4.69, 9.17) is 4.74 Å². The maximum Gasteiger partial charge on any atom is 0.261 e. The van der Waals surface area contributed by atoms with Crippen molar-refractivity contribution in [1.29, 1.82) is 0 Å². The Kier molecular flexibility index (Phi) is 6.90. The maximum atomic E-state index is 12.3. The number of ether oxygens (including phenoxy) is 1. The van der Waals surface area contributed by atoms with E-state index in [1.54, 1.807) is 19.1 Å². The van der Waals surface area contributed by atoms with Gasteiger partial charge < -0.3 is 10.1 Å². The van der Waals surface area contributed by atoms with Gasteiger partial charge in [0.25, 0.3) is 5.91 Å². The highest BCUT2D eigenvalue weighted by Crippen LogP contribution is 2.22. The Bertz CT molecular complexity index is 1080. The van der Waals surface area contributed by atoms with Crippen LogP contribution in [-0.2, 0) is 26.9 Å². The molecular formula is C24H25NO4S. The van der Waals surface area contributed by atoms with Crippen molar-refractivity contribution in [3.05, 3.63) is 90.0 Å². The van der Waals surface area contributed by atoms with Crippen molar-refractivity contribution in [1.82, 2.24) is 5.32 Å². The first-order chi connectivity index (χ1) is 14.3. The SMILES string of the molecule is CC(Oc1ccc(-c2ccccc2)cc1)C(=O)NCc1ccc(CS(C)(=O)=O)cc1. The molecule has 1 amide bonds. The first kappa shape index (κ1) is 21.6. The third kappa shape index (κ3) is 6.46. The molecule has 0 saturated carbocycles. The van der Waals surface area contributed by atoms with Crippen molar-refractivity contribution in [3.63, 3.8) is 0 Å². The van der Waals surface area contributed by atoms with Crippen LogP contribution < -0.4 is 10.1 Å². The predicted molar refractivity (Wildman–Crippen MR) is 119 cm³/mol. The fourth-order valence-corrected chi connectivity index (χ4v) is 3.80. The zero-order valence-electron chi connectivity index (χ0n) is 17.0. The first-order valence-electron chi connectivity index (χ1n) is 9.65. The molecule has 5 nitrogen and oxygen atoms in total. The highest BCUT2D eigenvalue weighted by molar-refractivity contribution is 7.89. The highest BCUT2D eigenvalue weighted by Gasteiger charge is 2.14. The topological polar surface area (TPSA) is 72.5 Å². The number of carbonyl (C=O) groups excluding carboxylic acids is 1. The fourth-order valence-electron chi connectivity index (χ4n) is 3.00. The summed E-state index contributed by atoms with van der Waals surface area (Å²) in [7, 11) is -3.06. The molecule has 1 atom stereocenters. The van der Waals surface area contributed by atoms with E-state index in [2.05, 4.69) is 5.32 Å². The van der Waals surface area contributed by atoms with Crippen LogP contribution >= 0.6 is 0 Å². The molecule has 0 saturated heterocycles. The van der Waals surface area contributed by atoms with Gasteiger partial charge in [-0.05, 0) is 41.3 Å². The summed E-state index contributed by atoms with van der Waals surface area (Å²) in [6.45, 7) is 2.05. The van der Waals surface area contributed by atoms with E-state index in [1.807, 2.05) is 66.7 Å². The fraction of sp³-hybridized carbons (Fsp3) is 0.208. The Morgan fingerprint density at radius 1 is 0.867 bits per heavy atom. The maximum absolute atomic E-state index is 12.3. The molecule has 0 bridgehead atoms. The molecular weight excluding hydrogens is 398 g/mol. The smallest absolute Gasteiger partial charge is 0.261 e. The van der Waals surface area contributed by atoms with Gasteiger partial charge in [-0.3, -0.25) is 4.79 Å². The van der Waals surface area contributed by atoms with Crippen LogP contribution in [0.5, 0.6) is 5.75 Å². The minimum absolute atomic E-state index is 0.00752. The molecule has 156 valence electrons. The third-order valence-electron chi connectivity index (χ3n) is 4.56. The van der Waals surface area contributed by atoms with E-state index in [0.717, 1.165) is 22.3 Å². The zero-order valence-corrected chi connectivity index (χ0v) is 17.9. The van der Waals surface area contributed by atoms with Crippen LogP contribution in [0.2, 0.25) is 0 Å². The molecule has 0 radical (unpaired) electrons. The average molecular weight is 424 g/mol. The summed E-state index contributed by atoms with van der Waals surface area (Å²) >= 11 is 0. The Morgan fingerprint density at radius 3 is 2.03 bits per heavy atom. The molecule has 0 heterocycles. The van der Waals surface area contributed by atoms with Crippen molar-refractivity contribution >= 4 is 15.7 Å². The van der Waals surface area contributed by atoms with Crippen molar-refractivity contribution in [2.45, 2.75) is 25.3 Å². The van der Waals surface area contributed by atoms with Crippen molar-refractivity contribution < 1.29 is 17.9 Å². The van der Waals surface area contributed by atoms with Gasteiger partial charge in [0.05, 0.1) is 5.75 Å². The minimum Gasteiger partial charge on any atom is -0.481 e. The molecule has 0 spiro atoms. The summed E-state index contributed by atoms with van der Waals surface area (Å²) < 4.78 is 28.4. The van der Waals surface area contributed by atoms with Gasteiger partial charge in [0, 0.05) is 12.8 Å². The molecule has 0 aromatic heterocycles. The third-order valence-corrected chi connectivity index (χ3v) is 5.42.